The van der Waals surface area contributed by atoms with Crippen LogP contribution >= 0.6 is 0 Å². The first-order chi connectivity index (χ1) is 8.54. The first-order valence-corrected chi connectivity index (χ1v) is 5.10. The van der Waals surface area contributed by atoms with Gasteiger partial charge < -0.3 is 14.6 Å². The highest BCUT2D eigenvalue weighted by Gasteiger charge is 2.27. The number of methoxy groups -OCH3 is 1. The molecule has 0 amide bonds. The fourth-order valence-corrected chi connectivity index (χ4v) is 1.23. The predicted molar refractivity (Wildman–Crippen MR) is 59.9 cm³/mol. The number of benzene rings is 1. The highest BCUT2D eigenvalue weighted by Crippen LogP contribution is 2.08. The van der Waals surface area contributed by atoms with Crippen LogP contribution in [0.4, 0.5) is 0 Å². The highest BCUT2D eigenvalue weighted by atomic mass is 16.6. The van der Waals surface area contributed by atoms with Crippen LogP contribution in [0.3, 0.4) is 0 Å². The third kappa shape index (κ3) is 3.89. The normalized spacial score (nSPS) is 11.4. The van der Waals surface area contributed by atoms with E-state index >= 15 is 0 Å². The van der Waals surface area contributed by atoms with Crippen molar-refractivity contribution in [2.75, 3.05) is 7.11 Å². The summed E-state index contributed by atoms with van der Waals surface area (Å²) in [6.07, 6.45) is -2.08. The maximum Gasteiger partial charge on any atom is 0.347 e. The first kappa shape index (κ1) is 13.7. The molecule has 0 saturated heterocycles. The first-order valence-electron chi connectivity index (χ1n) is 5.10. The zero-order valence-electron chi connectivity index (χ0n) is 9.66. The second kappa shape index (κ2) is 6.39. The molecule has 0 saturated carbocycles. The third-order valence-corrected chi connectivity index (χ3v) is 2.08. The van der Waals surface area contributed by atoms with Crippen LogP contribution in [-0.4, -0.2) is 36.2 Å². The summed E-state index contributed by atoms with van der Waals surface area (Å²) in [5, 5.41) is 8.61. The lowest BCUT2D eigenvalue weighted by Gasteiger charge is -2.13. The summed E-state index contributed by atoms with van der Waals surface area (Å²) in [7, 11) is 1.09. The number of carboxylic acids is 1. The van der Waals surface area contributed by atoms with E-state index in [4.69, 9.17) is 9.84 Å². The highest BCUT2D eigenvalue weighted by molar-refractivity contribution is 5.92. The number of carbonyl (C=O) groups excluding carboxylic acids is 2. The van der Waals surface area contributed by atoms with Gasteiger partial charge in [-0.25, -0.2) is 9.59 Å². The molecule has 0 bridgehead atoms. The van der Waals surface area contributed by atoms with Gasteiger partial charge in [0.05, 0.1) is 19.1 Å². The van der Waals surface area contributed by atoms with Gasteiger partial charge in [-0.3, -0.25) is 4.79 Å². The Kier molecular flexibility index (Phi) is 4.86. The SMILES string of the molecule is COC(=O)C(CC(=O)O)OC(=O)c1ccccc1. The predicted octanol–water partition coefficient (Wildman–Crippen LogP) is 0.860. The van der Waals surface area contributed by atoms with Gasteiger partial charge in [0.2, 0.25) is 6.10 Å². The Morgan fingerprint density at radius 3 is 2.33 bits per heavy atom. The molecule has 0 aliphatic heterocycles. The molecule has 1 unspecified atom stereocenters. The van der Waals surface area contributed by atoms with E-state index in [1.807, 2.05) is 0 Å². The average molecular weight is 252 g/mol. The summed E-state index contributed by atoms with van der Waals surface area (Å²) >= 11 is 0. The van der Waals surface area contributed by atoms with E-state index in [9.17, 15) is 14.4 Å². The van der Waals surface area contributed by atoms with Crippen LogP contribution in [0.2, 0.25) is 0 Å². The minimum atomic E-state index is -1.44. The molecule has 18 heavy (non-hydrogen) atoms. The summed E-state index contributed by atoms with van der Waals surface area (Å²) in [5.74, 6) is -2.93. The van der Waals surface area contributed by atoms with E-state index in [1.165, 1.54) is 12.1 Å². The smallest absolute Gasteiger partial charge is 0.347 e. The van der Waals surface area contributed by atoms with E-state index in [1.54, 1.807) is 18.2 Å². The number of hydrogen-bond donors (Lipinski definition) is 1. The largest absolute Gasteiger partial charge is 0.481 e. The van der Waals surface area contributed by atoms with Gasteiger partial charge in [0.1, 0.15) is 0 Å². The lowest BCUT2D eigenvalue weighted by Crippen LogP contribution is -2.30. The number of hydrogen-bond acceptors (Lipinski definition) is 5. The maximum atomic E-state index is 11.6. The molecule has 1 atom stereocenters. The molecule has 0 aliphatic rings. The van der Waals surface area contributed by atoms with Crippen molar-refractivity contribution in [1.82, 2.24) is 0 Å². The van der Waals surface area contributed by atoms with E-state index in [0.717, 1.165) is 7.11 Å². The summed E-state index contributed by atoms with van der Waals surface area (Å²) in [5.41, 5.74) is 0.233. The minimum absolute atomic E-state index is 0.233. The molecule has 96 valence electrons. The molecule has 1 rings (SSSR count). The third-order valence-electron chi connectivity index (χ3n) is 2.08. The fourth-order valence-electron chi connectivity index (χ4n) is 1.23. The van der Waals surface area contributed by atoms with Crippen molar-refractivity contribution in [3.63, 3.8) is 0 Å². The molecule has 1 N–H and O–H groups in total. The number of rotatable bonds is 5. The van der Waals surface area contributed by atoms with Gasteiger partial charge >= 0.3 is 17.9 Å². The van der Waals surface area contributed by atoms with Crippen molar-refractivity contribution in [2.45, 2.75) is 12.5 Å². The van der Waals surface area contributed by atoms with Crippen LogP contribution in [0, 0.1) is 0 Å². The molecule has 0 aliphatic carbocycles. The Hall–Kier alpha value is -2.37. The molecule has 0 aromatic heterocycles. The van der Waals surface area contributed by atoms with Crippen molar-refractivity contribution >= 4 is 17.9 Å². The van der Waals surface area contributed by atoms with Gasteiger partial charge in [0.15, 0.2) is 0 Å². The zero-order valence-corrected chi connectivity index (χ0v) is 9.66. The molecular weight excluding hydrogens is 240 g/mol. The Balaban J connectivity index is 2.74. The molecular formula is C12H12O6. The standard InChI is InChI=1S/C12H12O6/c1-17-12(16)9(7-10(13)14)18-11(15)8-5-3-2-4-6-8/h2-6,9H,7H2,1H3,(H,13,14). The van der Waals surface area contributed by atoms with Crippen molar-refractivity contribution in [1.29, 1.82) is 0 Å². The fraction of sp³-hybridized carbons (Fsp3) is 0.250. The van der Waals surface area contributed by atoms with E-state index in [-0.39, 0.29) is 5.56 Å². The topological polar surface area (TPSA) is 89.9 Å². The quantitative estimate of drug-likeness (QED) is 0.781. The van der Waals surface area contributed by atoms with Crippen LogP contribution in [0.1, 0.15) is 16.8 Å². The van der Waals surface area contributed by atoms with Gasteiger partial charge in [-0.1, -0.05) is 18.2 Å². The number of carbonyl (C=O) groups is 3. The lowest BCUT2D eigenvalue weighted by molar-refractivity contribution is -0.156. The van der Waals surface area contributed by atoms with Crippen LogP contribution in [0.15, 0.2) is 30.3 Å². The summed E-state index contributed by atoms with van der Waals surface area (Å²) in [4.78, 5) is 33.4. The van der Waals surface area contributed by atoms with E-state index in [2.05, 4.69) is 4.74 Å². The van der Waals surface area contributed by atoms with Gasteiger partial charge in [-0.2, -0.15) is 0 Å². The number of esters is 2. The van der Waals surface area contributed by atoms with Crippen molar-refractivity contribution in [2.24, 2.45) is 0 Å². The van der Waals surface area contributed by atoms with Crippen LogP contribution in [0.5, 0.6) is 0 Å². The van der Waals surface area contributed by atoms with E-state index in [0.29, 0.717) is 0 Å². The van der Waals surface area contributed by atoms with Crippen molar-refractivity contribution < 1.29 is 29.0 Å². The van der Waals surface area contributed by atoms with Crippen LogP contribution < -0.4 is 0 Å². The average Bonchev–Trinajstić information content (AvgIpc) is 2.37. The number of ether oxygens (including phenoxy) is 2. The maximum absolute atomic E-state index is 11.6. The molecule has 6 heteroatoms. The molecule has 6 nitrogen and oxygen atoms in total. The molecule has 1 aromatic carbocycles. The van der Waals surface area contributed by atoms with Crippen molar-refractivity contribution in [3.8, 4) is 0 Å². The molecule has 0 spiro atoms. The summed E-state index contributed by atoms with van der Waals surface area (Å²) < 4.78 is 9.18. The molecule has 0 heterocycles. The number of aliphatic carboxylic acids is 1. The second-order valence-corrected chi connectivity index (χ2v) is 3.38. The van der Waals surface area contributed by atoms with Gasteiger partial charge in [0, 0.05) is 0 Å². The Morgan fingerprint density at radius 2 is 1.83 bits per heavy atom. The Morgan fingerprint density at radius 1 is 1.22 bits per heavy atom. The van der Waals surface area contributed by atoms with Gasteiger partial charge in [0.25, 0.3) is 0 Å². The summed E-state index contributed by atoms with van der Waals surface area (Å²) in [6.45, 7) is 0. The monoisotopic (exact) mass is 252 g/mol. The molecule has 1 aromatic rings. The Bertz CT molecular complexity index is 439. The molecule has 0 fully saturated rings. The van der Waals surface area contributed by atoms with Gasteiger partial charge in [-0.05, 0) is 12.1 Å². The zero-order chi connectivity index (χ0) is 13.5. The van der Waals surface area contributed by atoms with Crippen molar-refractivity contribution in [3.05, 3.63) is 35.9 Å². The molecule has 0 radical (unpaired) electrons. The van der Waals surface area contributed by atoms with Crippen LogP contribution in [-0.2, 0) is 19.1 Å². The van der Waals surface area contributed by atoms with E-state index < -0.39 is 30.4 Å². The lowest BCUT2D eigenvalue weighted by atomic mass is 10.2. The number of carboxylic acid groups (broad SMARTS) is 1. The van der Waals surface area contributed by atoms with Gasteiger partial charge in [-0.15, -0.1) is 0 Å². The minimum Gasteiger partial charge on any atom is -0.481 e. The van der Waals surface area contributed by atoms with Crippen LogP contribution in [0.25, 0.3) is 0 Å². The Labute approximate surface area is 103 Å². The second-order valence-electron chi connectivity index (χ2n) is 3.38. The summed E-state index contributed by atoms with van der Waals surface area (Å²) in [6, 6.07) is 7.96.